The summed E-state index contributed by atoms with van der Waals surface area (Å²) in [5, 5.41) is 8.25. The molecule has 19 heavy (non-hydrogen) atoms. The van der Waals surface area contributed by atoms with Crippen molar-refractivity contribution in [1.82, 2.24) is 15.1 Å². The van der Waals surface area contributed by atoms with Gasteiger partial charge in [0.25, 0.3) is 0 Å². The van der Waals surface area contributed by atoms with Gasteiger partial charge >= 0.3 is 0 Å². The molecule has 1 aromatic rings. The van der Waals surface area contributed by atoms with Crippen molar-refractivity contribution in [2.24, 2.45) is 13.0 Å². The second-order valence-electron chi connectivity index (χ2n) is 6.96. The molecule has 0 saturated carbocycles. The molecular weight excluding hydrogens is 234 g/mol. The van der Waals surface area contributed by atoms with Crippen molar-refractivity contribution in [3.05, 3.63) is 17.5 Å². The van der Waals surface area contributed by atoms with E-state index in [4.69, 9.17) is 0 Å². The van der Waals surface area contributed by atoms with Gasteiger partial charge in [-0.15, -0.1) is 0 Å². The molecule has 3 heteroatoms. The van der Waals surface area contributed by atoms with Crippen LogP contribution in [0.5, 0.6) is 0 Å². The average Bonchev–Trinajstić information content (AvgIpc) is 2.67. The zero-order chi connectivity index (χ0) is 14.6. The van der Waals surface area contributed by atoms with E-state index < -0.39 is 0 Å². The highest BCUT2D eigenvalue weighted by Crippen LogP contribution is 2.24. The van der Waals surface area contributed by atoms with E-state index in [-0.39, 0.29) is 5.41 Å². The Labute approximate surface area is 118 Å². The Bertz CT molecular complexity index is 387. The molecule has 2 atom stereocenters. The predicted molar refractivity (Wildman–Crippen MR) is 82.3 cm³/mol. The lowest BCUT2D eigenvalue weighted by molar-refractivity contribution is 0.410. The van der Waals surface area contributed by atoms with Crippen LogP contribution in [0.25, 0.3) is 0 Å². The number of nitrogens with zero attached hydrogens (tertiary/aromatic N) is 2. The van der Waals surface area contributed by atoms with Crippen molar-refractivity contribution in [2.75, 3.05) is 0 Å². The van der Waals surface area contributed by atoms with Crippen LogP contribution in [0.1, 0.15) is 65.6 Å². The van der Waals surface area contributed by atoms with E-state index in [1.54, 1.807) is 0 Å². The molecule has 0 aromatic carbocycles. The van der Waals surface area contributed by atoms with Crippen molar-refractivity contribution in [3.63, 3.8) is 0 Å². The largest absolute Gasteiger partial charge is 0.310 e. The highest BCUT2D eigenvalue weighted by atomic mass is 15.3. The molecule has 0 saturated heterocycles. The van der Waals surface area contributed by atoms with Crippen molar-refractivity contribution < 1.29 is 0 Å². The summed E-state index contributed by atoms with van der Waals surface area (Å²) in [4.78, 5) is 0. The molecule has 0 bridgehead atoms. The highest BCUT2D eigenvalue weighted by Gasteiger charge is 2.21. The van der Waals surface area contributed by atoms with Gasteiger partial charge in [-0.25, -0.2) is 0 Å². The van der Waals surface area contributed by atoms with E-state index in [0.717, 1.165) is 12.5 Å². The molecule has 2 unspecified atom stereocenters. The maximum Gasteiger partial charge on any atom is 0.0722 e. The first kappa shape index (κ1) is 16.2. The maximum atomic E-state index is 4.61. The van der Waals surface area contributed by atoms with Gasteiger partial charge in [0.1, 0.15) is 0 Å². The zero-order valence-corrected chi connectivity index (χ0v) is 13.7. The van der Waals surface area contributed by atoms with Crippen LogP contribution < -0.4 is 5.32 Å². The van der Waals surface area contributed by atoms with E-state index in [2.05, 4.69) is 58.2 Å². The van der Waals surface area contributed by atoms with Gasteiger partial charge in [-0.1, -0.05) is 41.0 Å². The Morgan fingerprint density at radius 3 is 2.47 bits per heavy atom. The van der Waals surface area contributed by atoms with Gasteiger partial charge in [0, 0.05) is 36.8 Å². The van der Waals surface area contributed by atoms with Gasteiger partial charge in [0.15, 0.2) is 0 Å². The fraction of sp³-hybridized carbons (Fsp3) is 0.812. The molecule has 1 N–H and O–H groups in total. The van der Waals surface area contributed by atoms with Crippen molar-refractivity contribution in [3.8, 4) is 0 Å². The van der Waals surface area contributed by atoms with Crippen LogP contribution in [-0.4, -0.2) is 15.8 Å². The minimum absolute atomic E-state index is 0.109. The van der Waals surface area contributed by atoms with Gasteiger partial charge in [-0.3, -0.25) is 4.68 Å². The predicted octanol–water partition coefficient (Wildman–Crippen LogP) is 3.63. The minimum Gasteiger partial charge on any atom is -0.310 e. The van der Waals surface area contributed by atoms with E-state index in [1.165, 1.54) is 24.1 Å². The standard InChI is InChI=1S/C16H31N3/c1-8-12(2)9-13(3)17-10-14-11-19(7)18-15(14)16(4,5)6/h11-13,17H,8-10H2,1-7H3. The van der Waals surface area contributed by atoms with Crippen LogP contribution in [0.3, 0.4) is 0 Å². The van der Waals surface area contributed by atoms with Gasteiger partial charge in [0.2, 0.25) is 0 Å². The summed E-state index contributed by atoms with van der Waals surface area (Å²) in [6.45, 7) is 14.4. The van der Waals surface area contributed by atoms with Gasteiger partial charge in [-0.05, 0) is 19.3 Å². The molecule has 0 amide bonds. The topological polar surface area (TPSA) is 29.9 Å². The molecule has 0 aliphatic carbocycles. The third-order valence-corrected chi connectivity index (χ3v) is 3.71. The van der Waals surface area contributed by atoms with Crippen molar-refractivity contribution in [1.29, 1.82) is 0 Å². The number of rotatable bonds is 6. The number of aromatic nitrogens is 2. The maximum absolute atomic E-state index is 4.61. The lowest BCUT2D eigenvalue weighted by atomic mass is 9.89. The highest BCUT2D eigenvalue weighted by molar-refractivity contribution is 5.23. The van der Waals surface area contributed by atoms with Crippen LogP contribution in [-0.2, 0) is 19.0 Å². The van der Waals surface area contributed by atoms with Gasteiger partial charge < -0.3 is 5.32 Å². The minimum atomic E-state index is 0.109. The fourth-order valence-corrected chi connectivity index (χ4v) is 2.44. The number of hydrogen-bond acceptors (Lipinski definition) is 2. The molecule has 1 heterocycles. The quantitative estimate of drug-likeness (QED) is 0.851. The first-order chi connectivity index (χ1) is 8.74. The smallest absolute Gasteiger partial charge is 0.0722 e. The number of hydrogen-bond donors (Lipinski definition) is 1. The molecule has 0 fully saturated rings. The Kier molecular flexibility index (Phi) is 5.60. The Hall–Kier alpha value is -0.830. The fourth-order valence-electron chi connectivity index (χ4n) is 2.44. The molecule has 0 spiro atoms. The summed E-state index contributed by atoms with van der Waals surface area (Å²) in [7, 11) is 2.00. The lowest BCUT2D eigenvalue weighted by Crippen LogP contribution is -2.28. The van der Waals surface area contributed by atoms with Gasteiger partial charge in [-0.2, -0.15) is 5.10 Å². The van der Waals surface area contributed by atoms with E-state index in [9.17, 15) is 0 Å². The first-order valence-electron chi connectivity index (χ1n) is 7.50. The van der Waals surface area contributed by atoms with E-state index in [0.29, 0.717) is 6.04 Å². The molecule has 0 aliphatic rings. The van der Waals surface area contributed by atoms with E-state index >= 15 is 0 Å². The number of aryl methyl sites for hydroxylation is 1. The monoisotopic (exact) mass is 265 g/mol. The zero-order valence-electron chi connectivity index (χ0n) is 13.7. The summed E-state index contributed by atoms with van der Waals surface area (Å²) in [6.07, 6.45) is 4.64. The first-order valence-corrected chi connectivity index (χ1v) is 7.50. The summed E-state index contributed by atoms with van der Waals surface area (Å²) in [6, 6.07) is 0.558. The summed E-state index contributed by atoms with van der Waals surface area (Å²) >= 11 is 0. The van der Waals surface area contributed by atoms with Crippen LogP contribution >= 0.6 is 0 Å². The molecule has 0 aliphatic heterocycles. The van der Waals surface area contributed by atoms with Crippen LogP contribution in [0.2, 0.25) is 0 Å². The molecule has 1 aromatic heterocycles. The third-order valence-electron chi connectivity index (χ3n) is 3.71. The Morgan fingerprint density at radius 1 is 1.32 bits per heavy atom. The number of nitrogens with one attached hydrogen (secondary N) is 1. The summed E-state index contributed by atoms with van der Waals surface area (Å²) in [5.74, 6) is 0.790. The SMILES string of the molecule is CCC(C)CC(C)NCc1cn(C)nc1C(C)(C)C. The Balaban J connectivity index is 2.63. The van der Waals surface area contributed by atoms with Crippen LogP contribution in [0.15, 0.2) is 6.20 Å². The van der Waals surface area contributed by atoms with Crippen LogP contribution in [0, 0.1) is 5.92 Å². The molecule has 110 valence electrons. The summed E-state index contributed by atoms with van der Waals surface area (Å²) < 4.78 is 1.93. The molecular formula is C16H31N3. The van der Waals surface area contributed by atoms with Crippen molar-refractivity contribution >= 4 is 0 Å². The van der Waals surface area contributed by atoms with Gasteiger partial charge in [0.05, 0.1) is 5.69 Å². The molecule has 0 radical (unpaired) electrons. The normalized spacial score (nSPS) is 15.5. The summed E-state index contributed by atoms with van der Waals surface area (Å²) in [5.41, 5.74) is 2.64. The lowest BCUT2D eigenvalue weighted by Gasteiger charge is -2.20. The second kappa shape index (κ2) is 6.56. The molecule has 1 rings (SSSR count). The molecule has 3 nitrogen and oxygen atoms in total. The Morgan fingerprint density at radius 2 is 1.95 bits per heavy atom. The van der Waals surface area contributed by atoms with Crippen LogP contribution in [0.4, 0.5) is 0 Å². The van der Waals surface area contributed by atoms with Crippen molar-refractivity contribution in [2.45, 2.75) is 72.4 Å². The average molecular weight is 265 g/mol. The second-order valence-corrected chi connectivity index (χ2v) is 6.96. The van der Waals surface area contributed by atoms with E-state index in [1.807, 2.05) is 11.7 Å². The third kappa shape index (κ3) is 4.98.